The van der Waals surface area contributed by atoms with Gasteiger partial charge >= 0.3 is 5.97 Å². The van der Waals surface area contributed by atoms with Gasteiger partial charge in [0.25, 0.3) is 0 Å². The Balaban J connectivity index is 2.08. The van der Waals surface area contributed by atoms with Crippen molar-refractivity contribution in [1.29, 1.82) is 5.26 Å². The Labute approximate surface area is 132 Å². The van der Waals surface area contributed by atoms with Gasteiger partial charge in [-0.3, -0.25) is 4.79 Å². The van der Waals surface area contributed by atoms with Crippen molar-refractivity contribution in [2.24, 2.45) is 5.92 Å². The van der Waals surface area contributed by atoms with Crippen LogP contribution in [0.3, 0.4) is 0 Å². The molecule has 0 amide bonds. The smallest absolute Gasteiger partial charge is 0.317 e. The van der Waals surface area contributed by atoms with Gasteiger partial charge < -0.3 is 10.1 Å². The number of rotatable bonds is 5. The Morgan fingerprint density at radius 2 is 2.14 bits per heavy atom. The van der Waals surface area contributed by atoms with Gasteiger partial charge in [0.2, 0.25) is 0 Å². The van der Waals surface area contributed by atoms with Crippen LogP contribution in [-0.4, -0.2) is 25.7 Å². The van der Waals surface area contributed by atoms with Crippen molar-refractivity contribution < 1.29 is 9.53 Å². The number of nitriles is 1. The van der Waals surface area contributed by atoms with E-state index in [4.69, 9.17) is 10.00 Å². The summed E-state index contributed by atoms with van der Waals surface area (Å²) in [6.45, 7) is 2.43. The van der Waals surface area contributed by atoms with Gasteiger partial charge in [-0.1, -0.05) is 36.8 Å². The van der Waals surface area contributed by atoms with Crippen molar-refractivity contribution in [1.82, 2.24) is 5.32 Å². The van der Waals surface area contributed by atoms with E-state index in [1.165, 1.54) is 7.11 Å². The van der Waals surface area contributed by atoms with Gasteiger partial charge in [-0.15, -0.1) is 0 Å². The van der Waals surface area contributed by atoms with E-state index in [9.17, 15) is 4.79 Å². The molecule has 1 aromatic rings. The lowest BCUT2D eigenvalue weighted by Gasteiger charge is -2.32. The summed E-state index contributed by atoms with van der Waals surface area (Å²) >= 11 is 0. The van der Waals surface area contributed by atoms with Crippen LogP contribution in [0.5, 0.6) is 0 Å². The Hall–Kier alpha value is -1.86. The van der Waals surface area contributed by atoms with Gasteiger partial charge in [-0.2, -0.15) is 5.26 Å². The van der Waals surface area contributed by atoms with E-state index in [1.54, 1.807) is 0 Å². The summed E-state index contributed by atoms with van der Waals surface area (Å²) in [7, 11) is 1.43. The number of nitrogens with zero attached hydrogens (tertiary/aromatic N) is 1. The van der Waals surface area contributed by atoms with Crippen LogP contribution in [0, 0.1) is 17.2 Å². The summed E-state index contributed by atoms with van der Waals surface area (Å²) in [5, 5.41) is 12.6. The molecule has 1 aliphatic rings. The first-order chi connectivity index (χ1) is 10.6. The average Bonchev–Trinajstić information content (AvgIpc) is 2.59. The maximum Gasteiger partial charge on any atom is 0.317 e. The first-order valence-electron chi connectivity index (χ1n) is 7.87. The lowest BCUT2D eigenvalue weighted by atomic mass is 9.81. The Morgan fingerprint density at radius 1 is 1.41 bits per heavy atom. The minimum atomic E-state index is -0.713. The Kier molecular flexibility index (Phi) is 5.57. The summed E-state index contributed by atoms with van der Waals surface area (Å²) in [6.07, 6.45) is 3.98. The fourth-order valence-electron chi connectivity index (χ4n) is 3.16. The van der Waals surface area contributed by atoms with Crippen LogP contribution in [0.15, 0.2) is 30.3 Å². The lowest BCUT2D eigenvalue weighted by Crippen LogP contribution is -2.47. The van der Waals surface area contributed by atoms with Crippen molar-refractivity contribution in [2.45, 2.75) is 44.1 Å². The van der Waals surface area contributed by atoms with Gasteiger partial charge in [0, 0.05) is 18.5 Å². The number of hydrogen-bond acceptors (Lipinski definition) is 4. The van der Waals surface area contributed by atoms with Crippen molar-refractivity contribution in [2.75, 3.05) is 13.7 Å². The minimum Gasteiger partial charge on any atom is -0.468 e. The van der Waals surface area contributed by atoms with Gasteiger partial charge in [-0.05, 0) is 31.7 Å². The molecule has 0 aromatic heterocycles. The molecule has 4 heteroatoms. The molecule has 1 aliphatic carbocycles. The molecule has 1 saturated carbocycles. The van der Waals surface area contributed by atoms with E-state index in [0.717, 1.165) is 31.2 Å². The summed E-state index contributed by atoms with van der Waals surface area (Å²) in [5.41, 5.74) is 0.234. The molecule has 0 heterocycles. The molecule has 4 nitrogen and oxygen atoms in total. The summed E-state index contributed by atoms with van der Waals surface area (Å²) in [6, 6.07) is 12.4. The standard InChI is InChI=1S/C18H24N2O2/c1-18(17(21)22-2,15-8-4-3-5-9-15)13-20-16-10-6-7-14(11-16)12-19/h3-5,8-9,14,16,20H,6-7,10-11,13H2,1-2H3/t14-,16+,18+/m0/s1. The second kappa shape index (κ2) is 7.42. The molecule has 118 valence electrons. The zero-order chi connectivity index (χ0) is 16.0. The first-order valence-corrected chi connectivity index (χ1v) is 7.87. The number of carbonyl (C=O) groups is 1. The molecule has 1 aromatic carbocycles. The van der Waals surface area contributed by atoms with Crippen LogP contribution in [-0.2, 0) is 14.9 Å². The molecule has 0 aliphatic heterocycles. The number of methoxy groups -OCH3 is 1. The molecular weight excluding hydrogens is 276 g/mol. The highest BCUT2D eigenvalue weighted by Gasteiger charge is 2.37. The highest BCUT2D eigenvalue weighted by molar-refractivity contribution is 5.83. The minimum absolute atomic E-state index is 0.132. The third kappa shape index (κ3) is 3.66. The van der Waals surface area contributed by atoms with Crippen molar-refractivity contribution in [3.05, 3.63) is 35.9 Å². The average molecular weight is 300 g/mol. The predicted octanol–water partition coefficient (Wildman–Crippen LogP) is 2.79. The first kappa shape index (κ1) is 16.5. The summed E-state index contributed by atoms with van der Waals surface area (Å²) in [5.74, 6) is -0.105. The summed E-state index contributed by atoms with van der Waals surface area (Å²) in [4.78, 5) is 12.3. The SMILES string of the molecule is COC(=O)[C@](C)(CN[C@@H]1CCC[C@H](C#N)C1)c1ccccc1. The van der Waals surface area contributed by atoms with E-state index in [0.29, 0.717) is 12.6 Å². The number of esters is 1. The monoisotopic (exact) mass is 300 g/mol. The highest BCUT2D eigenvalue weighted by Crippen LogP contribution is 2.27. The number of ether oxygens (including phenoxy) is 1. The summed E-state index contributed by atoms with van der Waals surface area (Å²) < 4.78 is 5.02. The largest absolute Gasteiger partial charge is 0.468 e. The number of nitrogens with one attached hydrogen (secondary N) is 1. The second-order valence-electron chi connectivity index (χ2n) is 6.26. The van der Waals surface area contributed by atoms with Gasteiger partial charge in [0.05, 0.1) is 13.2 Å². The van der Waals surface area contributed by atoms with Crippen LogP contribution in [0.25, 0.3) is 0 Å². The third-order valence-corrected chi connectivity index (χ3v) is 4.65. The molecule has 3 atom stereocenters. The predicted molar refractivity (Wildman–Crippen MR) is 85.2 cm³/mol. The topological polar surface area (TPSA) is 62.1 Å². The van der Waals surface area contributed by atoms with E-state index in [1.807, 2.05) is 37.3 Å². The van der Waals surface area contributed by atoms with Gasteiger partial charge in [-0.25, -0.2) is 0 Å². The fraction of sp³-hybridized carbons (Fsp3) is 0.556. The van der Waals surface area contributed by atoms with Crippen LogP contribution < -0.4 is 5.32 Å². The third-order valence-electron chi connectivity index (χ3n) is 4.65. The molecule has 0 saturated heterocycles. The van der Waals surface area contributed by atoms with E-state index >= 15 is 0 Å². The molecule has 0 unspecified atom stereocenters. The van der Waals surface area contributed by atoms with Crippen LogP contribution in [0.4, 0.5) is 0 Å². The zero-order valence-electron chi connectivity index (χ0n) is 13.3. The molecule has 0 spiro atoms. The van der Waals surface area contributed by atoms with Crippen LogP contribution >= 0.6 is 0 Å². The number of carbonyl (C=O) groups excluding carboxylic acids is 1. The maximum atomic E-state index is 12.3. The molecule has 0 radical (unpaired) electrons. The molecule has 1 fully saturated rings. The Bertz CT molecular complexity index is 538. The number of hydrogen-bond donors (Lipinski definition) is 1. The molecular formula is C18H24N2O2. The molecule has 22 heavy (non-hydrogen) atoms. The molecule has 2 rings (SSSR count). The van der Waals surface area contributed by atoms with E-state index in [2.05, 4.69) is 11.4 Å². The van der Waals surface area contributed by atoms with E-state index in [-0.39, 0.29) is 11.9 Å². The van der Waals surface area contributed by atoms with Crippen molar-refractivity contribution in [3.8, 4) is 6.07 Å². The maximum absolute atomic E-state index is 12.3. The van der Waals surface area contributed by atoms with Crippen LogP contribution in [0.2, 0.25) is 0 Å². The normalized spacial score (nSPS) is 24.0. The number of benzene rings is 1. The van der Waals surface area contributed by atoms with Crippen LogP contribution in [0.1, 0.15) is 38.2 Å². The van der Waals surface area contributed by atoms with Gasteiger partial charge in [0.15, 0.2) is 0 Å². The van der Waals surface area contributed by atoms with Crippen molar-refractivity contribution >= 4 is 5.97 Å². The highest BCUT2D eigenvalue weighted by atomic mass is 16.5. The van der Waals surface area contributed by atoms with Crippen molar-refractivity contribution in [3.63, 3.8) is 0 Å². The van der Waals surface area contributed by atoms with E-state index < -0.39 is 5.41 Å². The Morgan fingerprint density at radius 3 is 2.77 bits per heavy atom. The second-order valence-corrected chi connectivity index (χ2v) is 6.26. The lowest BCUT2D eigenvalue weighted by molar-refractivity contribution is -0.146. The zero-order valence-corrected chi connectivity index (χ0v) is 13.3. The molecule has 1 N–H and O–H groups in total. The fourth-order valence-corrected chi connectivity index (χ4v) is 3.16. The quantitative estimate of drug-likeness (QED) is 0.849. The molecule has 0 bridgehead atoms. The van der Waals surface area contributed by atoms with Gasteiger partial charge in [0.1, 0.15) is 5.41 Å².